The summed E-state index contributed by atoms with van der Waals surface area (Å²) in [4.78, 5) is 22.6. The number of aromatic nitrogens is 4. The number of carbonyl (C=O) groups is 2. The number of amides is 1. The van der Waals surface area contributed by atoms with Crippen LogP contribution in [-0.2, 0) is 16.6 Å². The molecule has 82 valence electrons. The second-order valence-electron chi connectivity index (χ2n) is 2.90. The summed E-state index contributed by atoms with van der Waals surface area (Å²) >= 11 is 0. The Bertz CT molecular complexity index is 361. The first-order valence-electron chi connectivity index (χ1n) is 4.33. The van der Waals surface area contributed by atoms with Crippen LogP contribution in [0.3, 0.4) is 0 Å². The highest BCUT2D eigenvalue weighted by molar-refractivity contribution is 5.88. The van der Waals surface area contributed by atoms with Gasteiger partial charge in [0.25, 0.3) is 5.95 Å². The van der Waals surface area contributed by atoms with E-state index in [9.17, 15) is 9.59 Å². The molecule has 0 radical (unpaired) electrons. The van der Waals surface area contributed by atoms with Crippen molar-refractivity contribution in [1.29, 1.82) is 0 Å². The van der Waals surface area contributed by atoms with Crippen molar-refractivity contribution >= 4 is 17.8 Å². The van der Waals surface area contributed by atoms with Gasteiger partial charge in [-0.05, 0) is 11.6 Å². The second-order valence-corrected chi connectivity index (χ2v) is 2.90. The zero-order chi connectivity index (χ0) is 11.3. The number of anilines is 1. The Labute approximate surface area is 85.3 Å². The van der Waals surface area contributed by atoms with E-state index in [0.29, 0.717) is 6.42 Å². The molecular weight excluding hydrogens is 202 g/mol. The summed E-state index contributed by atoms with van der Waals surface area (Å²) in [5, 5.41) is 21.6. The van der Waals surface area contributed by atoms with E-state index >= 15 is 0 Å². The third kappa shape index (κ3) is 4.16. The summed E-state index contributed by atoms with van der Waals surface area (Å²) in [5.41, 5.74) is 0. The van der Waals surface area contributed by atoms with Crippen LogP contribution >= 0.6 is 0 Å². The molecule has 0 atom stereocenters. The maximum atomic E-state index is 11.2. The zero-order valence-corrected chi connectivity index (χ0v) is 8.17. The number of aryl methyl sites for hydroxylation is 1. The average Bonchev–Trinajstić information content (AvgIpc) is 2.50. The molecule has 1 aromatic heterocycles. The molecule has 1 amide bonds. The highest BCUT2D eigenvalue weighted by Crippen LogP contribution is 1.99. The lowest BCUT2D eigenvalue weighted by Crippen LogP contribution is -2.13. The molecule has 0 fully saturated rings. The predicted molar refractivity (Wildman–Crippen MR) is 48.9 cm³/mol. The number of rotatable bonds is 5. The highest BCUT2D eigenvalue weighted by atomic mass is 16.4. The smallest absolute Gasteiger partial charge is 0.303 e. The van der Waals surface area contributed by atoms with Crippen molar-refractivity contribution in [3.8, 4) is 0 Å². The molecule has 0 aliphatic carbocycles. The van der Waals surface area contributed by atoms with Crippen LogP contribution in [0.2, 0.25) is 0 Å². The van der Waals surface area contributed by atoms with Crippen LogP contribution in [0.1, 0.15) is 19.3 Å². The van der Waals surface area contributed by atoms with Crippen molar-refractivity contribution in [2.24, 2.45) is 7.05 Å². The Kier molecular flexibility index (Phi) is 3.72. The van der Waals surface area contributed by atoms with Crippen LogP contribution in [0.25, 0.3) is 0 Å². The van der Waals surface area contributed by atoms with Gasteiger partial charge >= 0.3 is 5.97 Å². The molecule has 0 spiro atoms. The van der Waals surface area contributed by atoms with E-state index in [1.165, 1.54) is 4.80 Å². The Hall–Kier alpha value is -1.99. The van der Waals surface area contributed by atoms with Gasteiger partial charge in [0.2, 0.25) is 5.91 Å². The van der Waals surface area contributed by atoms with Gasteiger partial charge in [-0.2, -0.15) is 4.80 Å². The van der Waals surface area contributed by atoms with Gasteiger partial charge in [-0.25, -0.2) is 0 Å². The topological polar surface area (TPSA) is 110 Å². The molecule has 15 heavy (non-hydrogen) atoms. The number of hydrogen-bond acceptors (Lipinski definition) is 5. The van der Waals surface area contributed by atoms with E-state index in [2.05, 4.69) is 20.7 Å². The fourth-order valence-electron chi connectivity index (χ4n) is 0.922. The fourth-order valence-corrected chi connectivity index (χ4v) is 0.922. The number of nitrogens with zero attached hydrogens (tertiary/aromatic N) is 4. The monoisotopic (exact) mass is 213 g/mol. The lowest BCUT2D eigenvalue weighted by molar-refractivity contribution is -0.137. The second kappa shape index (κ2) is 5.03. The van der Waals surface area contributed by atoms with Gasteiger partial charge < -0.3 is 5.11 Å². The first-order valence-corrected chi connectivity index (χ1v) is 4.33. The number of aliphatic carboxylic acids is 1. The molecule has 1 heterocycles. The Balaban J connectivity index is 2.27. The van der Waals surface area contributed by atoms with Gasteiger partial charge in [-0.15, -0.1) is 5.10 Å². The van der Waals surface area contributed by atoms with Crippen LogP contribution < -0.4 is 5.32 Å². The van der Waals surface area contributed by atoms with Crippen molar-refractivity contribution in [3.05, 3.63) is 0 Å². The molecular formula is C7H11N5O3. The van der Waals surface area contributed by atoms with E-state index in [4.69, 9.17) is 5.11 Å². The van der Waals surface area contributed by atoms with Gasteiger partial charge in [-0.3, -0.25) is 14.9 Å². The van der Waals surface area contributed by atoms with Crippen LogP contribution in [-0.4, -0.2) is 37.2 Å². The van der Waals surface area contributed by atoms with Crippen molar-refractivity contribution in [2.45, 2.75) is 19.3 Å². The maximum Gasteiger partial charge on any atom is 0.303 e. The largest absolute Gasteiger partial charge is 0.481 e. The van der Waals surface area contributed by atoms with E-state index in [1.807, 2.05) is 0 Å². The number of carboxylic acids is 1. The molecule has 1 aromatic rings. The van der Waals surface area contributed by atoms with Crippen molar-refractivity contribution < 1.29 is 14.7 Å². The van der Waals surface area contributed by atoms with Crippen molar-refractivity contribution in [2.75, 3.05) is 5.32 Å². The molecule has 0 aliphatic heterocycles. The highest BCUT2D eigenvalue weighted by Gasteiger charge is 2.07. The van der Waals surface area contributed by atoms with Crippen molar-refractivity contribution in [1.82, 2.24) is 20.2 Å². The quantitative estimate of drug-likeness (QED) is 0.676. The molecule has 0 saturated heterocycles. The summed E-state index contributed by atoms with van der Waals surface area (Å²) in [7, 11) is 1.58. The first-order chi connectivity index (χ1) is 7.08. The summed E-state index contributed by atoms with van der Waals surface area (Å²) in [6.45, 7) is 0. The van der Waals surface area contributed by atoms with E-state index in [0.717, 1.165) is 0 Å². The molecule has 0 aromatic carbocycles. The molecule has 0 bridgehead atoms. The fraction of sp³-hybridized carbons (Fsp3) is 0.571. The summed E-state index contributed by atoms with van der Waals surface area (Å²) in [6, 6.07) is 0. The third-order valence-corrected chi connectivity index (χ3v) is 1.55. The zero-order valence-electron chi connectivity index (χ0n) is 8.17. The summed E-state index contributed by atoms with van der Waals surface area (Å²) < 4.78 is 0. The summed E-state index contributed by atoms with van der Waals surface area (Å²) in [5.74, 6) is -1.11. The van der Waals surface area contributed by atoms with Gasteiger partial charge in [0.05, 0.1) is 7.05 Å². The van der Waals surface area contributed by atoms with Crippen LogP contribution in [0.4, 0.5) is 5.95 Å². The molecule has 8 heteroatoms. The molecule has 0 saturated carbocycles. The number of tetrazole rings is 1. The van der Waals surface area contributed by atoms with E-state index in [-0.39, 0.29) is 24.7 Å². The lowest BCUT2D eigenvalue weighted by atomic mass is 10.2. The Morgan fingerprint density at radius 1 is 1.47 bits per heavy atom. The molecule has 1 rings (SSSR count). The number of hydrogen-bond donors (Lipinski definition) is 2. The molecule has 2 N–H and O–H groups in total. The maximum absolute atomic E-state index is 11.2. The SMILES string of the molecule is Cn1nnc(NC(=O)CCCC(=O)O)n1. The van der Waals surface area contributed by atoms with Gasteiger partial charge in [0.1, 0.15) is 0 Å². The summed E-state index contributed by atoms with van der Waals surface area (Å²) in [6.07, 6.45) is 0.396. The predicted octanol–water partition coefficient (Wildman–Crippen LogP) is -0.597. The normalized spacial score (nSPS) is 9.93. The Morgan fingerprint density at radius 3 is 2.73 bits per heavy atom. The number of carboxylic acid groups (broad SMARTS) is 1. The van der Waals surface area contributed by atoms with Crippen LogP contribution in [0.15, 0.2) is 0 Å². The molecule has 8 nitrogen and oxygen atoms in total. The van der Waals surface area contributed by atoms with E-state index in [1.54, 1.807) is 7.05 Å². The number of carbonyl (C=O) groups excluding carboxylic acids is 1. The lowest BCUT2D eigenvalue weighted by Gasteiger charge is -1.98. The van der Waals surface area contributed by atoms with Crippen LogP contribution in [0, 0.1) is 0 Å². The third-order valence-electron chi connectivity index (χ3n) is 1.55. The van der Waals surface area contributed by atoms with Gasteiger partial charge in [0.15, 0.2) is 0 Å². The minimum atomic E-state index is -0.916. The first kappa shape index (κ1) is 11.1. The van der Waals surface area contributed by atoms with Crippen LogP contribution in [0.5, 0.6) is 0 Å². The average molecular weight is 213 g/mol. The minimum Gasteiger partial charge on any atom is -0.481 e. The van der Waals surface area contributed by atoms with Gasteiger partial charge in [0, 0.05) is 12.8 Å². The van der Waals surface area contributed by atoms with Crippen molar-refractivity contribution in [3.63, 3.8) is 0 Å². The molecule has 0 aliphatic rings. The Morgan fingerprint density at radius 2 is 2.20 bits per heavy atom. The number of nitrogens with one attached hydrogen (secondary N) is 1. The standard InChI is InChI=1S/C7H11N5O3/c1-12-10-7(9-11-12)8-5(13)3-2-4-6(14)15/h2-4H2,1H3,(H,14,15)(H,8,10,13). The van der Waals surface area contributed by atoms with Gasteiger partial charge in [-0.1, -0.05) is 5.10 Å². The molecule has 0 unspecified atom stereocenters. The minimum absolute atomic E-state index is 0.0265. The van der Waals surface area contributed by atoms with E-state index < -0.39 is 5.97 Å².